The molecular formula is C28H30FN3O5. The molecule has 0 spiro atoms. The van der Waals surface area contributed by atoms with Crippen molar-refractivity contribution in [1.29, 1.82) is 0 Å². The van der Waals surface area contributed by atoms with Crippen molar-refractivity contribution >= 4 is 12.0 Å². The maximum Gasteiger partial charge on any atom is 0.337 e. The van der Waals surface area contributed by atoms with E-state index in [4.69, 9.17) is 9.47 Å². The minimum Gasteiger partial charge on any atom is -0.488 e. The number of halogens is 1. The second-order valence-electron chi connectivity index (χ2n) is 9.20. The number of urea groups is 1. The molecule has 0 aliphatic heterocycles. The highest BCUT2D eigenvalue weighted by Gasteiger charge is 2.20. The number of hydrogen-bond donors (Lipinski definition) is 3. The Labute approximate surface area is 214 Å². The van der Waals surface area contributed by atoms with E-state index < -0.39 is 11.8 Å². The summed E-state index contributed by atoms with van der Waals surface area (Å²) in [5, 5.41) is 5.67. The van der Waals surface area contributed by atoms with Gasteiger partial charge in [-0.1, -0.05) is 12.1 Å². The molecule has 0 bridgehead atoms. The topological polar surface area (TPSA) is 110 Å². The predicted molar refractivity (Wildman–Crippen MR) is 137 cm³/mol. The number of aromatic amines is 1. The molecule has 1 aromatic heterocycles. The molecule has 37 heavy (non-hydrogen) atoms. The van der Waals surface area contributed by atoms with E-state index >= 15 is 0 Å². The van der Waals surface area contributed by atoms with E-state index in [1.807, 2.05) is 6.92 Å². The first-order valence-electron chi connectivity index (χ1n) is 12.1. The first kappa shape index (κ1) is 25.9. The number of ether oxygens (including phenoxy) is 2. The van der Waals surface area contributed by atoms with E-state index in [1.54, 1.807) is 37.3 Å². The molecule has 8 nitrogen and oxygen atoms in total. The lowest BCUT2D eigenvalue weighted by Crippen LogP contribution is -2.44. The minimum absolute atomic E-state index is 0.0349. The Morgan fingerprint density at radius 1 is 1.08 bits per heavy atom. The second-order valence-corrected chi connectivity index (χ2v) is 9.20. The van der Waals surface area contributed by atoms with Gasteiger partial charge in [0, 0.05) is 24.3 Å². The lowest BCUT2D eigenvalue weighted by molar-refractivity contribution is 0.0600. The van der Waals surface area contributed by atoms with E-state index in [2.05, 4.69) is 15.6 Å². The smallest absolute Gasteiger partial charge is 0.337 e. The van der Waals surface area contributed by atoms with Gasteiger partial charge in [0.2, 0.25) is 0 Å². The monoisotopic (exact) mass is 507 g/mol. The molecular weight excluding hydrogens is 477 g/mol. The molecule has 9 heteroatoms. The van der Waals surface area contributed by atoms with Gasteiger partial charge in [-0.05, 0) is 79.6 Å². The van der Waals surface area contributed by atoms with Crippen LogP contribution in [0.5, 0.6) is 5.75 Å². The molecule has 1 aliphatic carbocycles. The fraction of sp³-hybridized carbons (Fsp3) is 0.321. The van der Waals surface area contributed by atoms with Crippen LogP contribution in [0.25, 0.3) is 11.1 Å². The number of hydrogen-bond acceptors (Lipinski definition) is 5. The fourth-order valence-corrected chi connectivity index (χ4v) is 4.18. The molecule has 4 rings (SSSR count). The van der Waals surface area contributed by atoms with Crippen molar-refractivity contribution in [1.82, 2.24) is 15.6 Å². The van der Waals surface area contributed by atoms with Crippen molar-refractivity contribution < 1.29 is 23.5 Å². The molecule has 0 unspecified atom stereocenters. The Morgan fingerprint density at radius 2 is 1.86 bits per heavy atom. The number of methoxy groups -OCH3 is 1. The van der Waals surface area contributed by atoms with Crippen LogP contribution in [0, 0.1) is 19.7 Å². The predicted octanol–water partition coefficient (Wildman–Crippen LogP) is 4.52. The van der Waals surface area contributed by atoms with E-state index in [0.29, 0.717) is 33.7 Å². The van der Waals surface area contributed by atoms with Crippen molar-refractivity contribution in [3.8, 4) is 16.9 Å². The molecule has 2 amide bonds. The number of nitrogens with one attached hydrogen (secondary N) is 3. The molecule has 1 heterocycles. The SMILES string of the molecule is COC(=O)c1ccc(C)c(-c2c(OCc3ccc(F)cc3CNC(=O)NC3CCC3)cc(C)[nH]c2=O)c1. The van der Waals surface area contributed by atoms with Gasteiger partial charge in [0.15, 0.2) is 0 Å². The third-order valence-electron chi connectivity index (χ3n) is 6.49. The summed E-state index contributed by atoms with van der Waals surface area (Å²) in [6.07, 6.45) is 3.03. The molecule has 0 saturated heterocycles. The molecule has 194 valence electrons. The first-order chi connectivity index (χ1) is 17.7. The highest BCUT2D eigenvalue weighted by Crippen LogP contribution is 2.31. The van der Waals surface area contributed by atoms with Crippen molar-refractivity contribution in [2.24, 2.45) is 0 Å². The van der Waals surface area contributed by atoms with Gasteiger partial charge in [-0.15, -0.1) is 0 Å². The Hall–Kier alpha value is -4.14. The number of benzene rings is 2. The largest absolute Gasteiger partial charge is 0.488 e. The number of pyridine rings is 1. The number of carbonyl (C=O) groups excluding carboxylic acids is 2. The lowest BCUT2D eigenvalue weighted by atomic mass is 9.93. The summed E-state index contributed by atoms with van der Waals surface area (Å²) >= 11 is 0. The van der Waals surface area contributed by atoms with Crippen molar-refractivity contribution in [3.05, 3.63) is 86.6 Å². The Balaban J connectivity index is 1.59. The average Bonchev–Trinajstić information content (AvgIpc) is 2.84. The van der Waals surface area contributed by atoms with Crippen molar-refractivity contribution in [2.45, 2.75) is 52.3 Å². The first-order valence-corrected chi connectivity index (χ1v) is 12.1. The number of aryl methyl sites for hydroxylation is 2. The number of aromatic nitrogens is 1. The maximum atomic E-state index is 14.0. The lowest BCUT2D eigenvalue weighted by Gasteiger charge is -2.26. The summed E-state index contributed by atoms with van der Waals surface area (Å²) < 4.78 is 25.0. The van der Waals surface area contributed by atoms with Crippen LogP contribution in [0.3, 0.4) is 0 Å². The summed E-state index contributed by atoms with van der Waals surface area (Å²) in [4.78, 5) is 40.1. The van der Waals surface area contributed by atoms with Gasteiger partial charge in [-0.25, -0.2) is 14.0 Å². The van der Waals surface area contributed by atoms with Crippen LogP contribution in [-0.2, 0) is 17.9 Å². The number of carbonyl (C=O) groups is 2. The van der Waals surface area contributed by atoms with Crippen LogP contribution < -0.4 is 20.9 Å². The van der Waals surface area contributed by atoms with Crippen LogP contribution in [-0.4, -0.2) is 30.1 Å². The minimum atomic E-state index is -0.517. The van der Waals surface area contributed by atoms with Crippen LogP contribution >= 0.6 is 0 Å². The van der Waals surface area contributed by atoms with Crippen LogP contribution in [0.2, 0.25) is 0 Å². The third-order valence-corrected chi connectivity index (χ3v) is 6.49. The number of amides is 2. The van der Waals surface area contributed by atoms with Gasteiger partial charge >= 0.3 is 12.0 Å². The van der Waals surface area contributed by atoms with Crippen molar-refractivity contribution in [2.75, 3.05) is 7.11 Å². The van der Waals surface area contributed by atoms with E-state index in [1.165, 1.54) is 19.2 Å². The normalized spacial score (nSPS) is 13.0. The van der Waals surface area contributed by atoms with Gasteiger partial charge in [0.05, 0.1) is 18.2 Å². The molecule has 3 aromatic rings. The summed E-state index contributed by atoms with van der Waals surface area (Å²) in [6.45, 7) is 3.73. The summed E-state index contributed by atoms with van der Waals surface area (Å²) in [5.74, 6) is -0.628. The summed E-state index contributed by atoms with van der Waals surface area (Å²) in [7, 11) is 1.29. The molecule has 3 N–H and O–H groups in total. The highest BCUT2D eigenvalue weighted by atomic mass is 19.1. The van der Waals surface area contributed by atoms with Gasteiger partial charge in [0.25, 0.3) is 5.56 Å². The molecule has 1 fully saturated rings. The molecule has 0 radical (unpaired) electrons. The molecule has 0 atom stereocenters. The number of H-pyrrole nitrogens is 1. The summed E-state index contributed by atoms with van der Waals surface area (Å²) in [5.41, 5.74) is 3.35. The standard InChI is InChI=1S/C28H30FN3O5/c1-16-7-8-18(27(34)36-3)13-23(16)25-24(11-17(2)31-26(25)33)37-15-19-9-10-21(29)12-20(19)14-30-28(35)32-22-5-4-6-22/h7-13,22H,4-6,14-15H2,1-3H3,(H,31,33)(H2,30,32,35). The van der Waals surface area contributed by atoms with Crippen molar-refractivity contribution in [3.63, 3.8) is 0 Å². The van der Waals surface area contributed by atoms with Gasteiger partial charge in [0.1, 0.15) is 18.2 Å². The number of rotatable bonds is 8. The van der Waals surface area contributed by atoms with Crippen LogP contribution in [0.1, 0.15) is 52.0 Å². The van der Waals surface area contributed by atoms with Gasteiger partial charge < -0.3 is 25.1 Å². The third kappa shape index (κ3) is 6.17. The van der Waals surface area contributed by atoms with E-state index in [9.17, 15) is 18.8 Å². The van der Waals surface area contributed by atoms with Gasteiger partial charge in [-0.3, -0.25) is 4.79 Å². The van der Waals surface area contributed by atoms with Gasteiger partial charge in [-0.2, -0.15) is 0 Å². The zero-order valence-corrected chi connectivity index (χ0v) is 21.1. The quantitative estimate of drug-likeness (QED) is 0.389. The van der Waals surface area contributed by atoms with Crippen LogP contribution in [0.4, 0.5) is 9.18 Å². The molecule has 1 saturated carbocycles. The average molecular weight is 508 g/mol. The van der Waals surface area contributed by atoms with Crippen LogP contribution in [0.15, 0.2) is 47.3 Å². The Bertz CT molecular complexity index is 1380. The summed E-state index contributed by atoms with van der Waals surface area (Å²) in [6, 6.07) is 10.8. The molecule has 1 aliphatic rings. The maximum absolute atomic E-state index is 14.0. The second kappa shape index (κ2) is 11.3. The van der Waals surface area contributed by atoms with E-state index in [0.717, 1.165) is 24.8 Å². The van der Waals surface area contributed by atoms with E-state index in [-0.39, 0.29) is 36.3 Å². The fourth-order valence-electron chi connectivity index (χ4n) is 4.18. The highest BCUT2D eigenvalue weighted by molar-refractivity contribution is 5.91. The molecule has 2 aromatic carbocycles. The zero-order valence-electron chi connectivity index (χ0n) is 21.1. The zero-order chi connectivity index (χ0) is 26.5. The Kier molecular flexibility index (Phi) is 7.91. The number of esters is 1. The Morgan fingerprint density at radius 3 is 2.57 bits per heavy atom.